The molecule has 2 aromatic carbocycles. The molecule has 3 N–H and O–H groups in total. The van der Waals surface area contributed by atoms with Gasteiger partial charge in [-0.2, -0.15) is 0 Å². The molecule has 152 valence electrons. The quantitative estimate of drug-likeness (QED) is 0.708. The number of fused-ring (bicyclic) bond motifs is 1. The molecule has 0 aliphatic carbocycles. The highest BCUT2D eigenvalue weighted by Crippen LogP contribution is 2.31. The molecule has 0 saturated heterocycles. The molecule has 0 unspecified atom stereocenters. The predicted molar refractivity (Wildman–Crippen MR) is 110 cm³/mol. The topological polar surface area (TPSA) is 102 Å². The van der Waals surface area contributed by atoms with Crippen molar-refractivity contribution in [1.82, 2.24) is 5.32 Å². The first-order valence-corrected chi connectivity index (χ1v) is 9.60. The molecule has 1 aliphatic heterocycles. The second-order valence-corrected chi connectivity index (χ2v) is 7.36. The van der Waals surface area contributed by atoms with Gasteiger partial charge in [0.15, 0.2) is 6.61 Å². The van der Waals surface area contributed by atoms with Gasteiger partial charge in [-0.15, -0.1) is 0 Å². The Morgan fingerprint density at radius 1 is 1.21 bits per heavy atom. The lowest BCUT2D eigenvalue weighted by molar-refractivity contribution is -0.148. The van der Waals surface area contributed by atoms with E-state index in [1.54, 1.807) is 29.2 Å². The maximum atomic E-state index is 12.6. The van der Waals surface area contributed by atoms with Crippen molar-refractivity contribution in [3.63, 3.8) is 0 Å². The van der Waals surface area contributed by atoms with Crippen LogP contribution in [0, 0.1) is 0 Å². The number of esters is 1. The molecule has 2 aromatic rings. The number of nitrogens with two attached hydrogens (primary N) is 1. The maximum absolute atomic E-state index is 12.6. The maximum Gasteiger partial charge on any atom is 0.312 e. The van der Waals surface area contributed by atoms with Crippen molar-refractivity contribution in [1.29, 1.82) is 0 Å². The summed E-state index contributed by atoms with van der Waals surface area (Å²) in [5.41, 5.74) is 7.80. The van der Waals surface area contributed by atoms with Crippen molar-refractivity contribution in [2.45, 2.75) is 31.8 Å². The number of nitrogens with zero attached hydrogens (tertiary/aromatic N) is 1. The van der Waals surface area contributed by atoms with Gasteiger partial charge in [0.05, 0.1) is 12.5 Å². The highest BCUT2D eigenvalue weighted by molar-refractivity contribution is 6.30. The zero-order valence-corrected chi connectivity index (χ0v) is 16.7. The van der Waals surface area contributed by atoms with Gasteiger partial charge in [-0.25, -0.2) is 4.79 Å². The van der Waals surface area contributed by atoms with E-state index in [2.05, 4.69) is 5.32 Å². The Morgan fingerprint density at radius 3 is 2.59 bits per heavy atom. The largest absolute Gasteiger partial charge is 0.455 e. The molecule has 3 amide bonds. The Bertz CT molecular complexity index is 916. The molecule has 1 aliphatic rings. The van der Waals surface area contributed by atoms with Gasteiger partial charge in [0.1, 0.15) is 0 Å². The van der Waals surface area contributed by atoms with Crippen molar-refractivity contribution in [3.8, 4) is 0 Å². The molecule has 29 heavy (non-hydrogen) atoms. The summed E-state index contributed by atoms with van der Waals surface area (Å²) in [6.45, 7) is 1.58. The SMILES string of the molecule is C[C@@H]1Cc2ccccc2N1C(=O)COC(=O)C[C@H](NC(N)=O)c1ccc(Cl)cc1. The van der Waals surface area contributed by atoms with E-state index < -0.39 is 18.0 Å². The van der Waals surface area contributed by atoms with Crippen molar-refractivity contribution >= 4 is 35.2 Å². The molecule has 2 atom stereocenters. The third-order valence-corrected chi connectivity index (χ3v) is 5.04. The molecular weight excluding hydrogens is 394 g/mol. The first-order valence-electron chi connectivity index (χ1n) is 9.22. The average Bonchev–Trinajstić information content (AvgIpc) is 3.01. The summed E-state index contributed by atoms with van der Waals surface area (Å²) in [5, 5.41) is 3.04. The predicted octanol–water partition coefficient (Wildman–Crippen LogP) is 2.96. The minimum absolute atomic E-state index is 0.00283. The van der Waals surface area contributed by atoms with Gasteiger partial charge in [0.2, 0.25) is 0 Å². The number of halogens is 1. The Labute approximate surface area is 173 Å². The highest BCUT2D eigenvalue weighted by Gasteiger charge is 2.31. The fraction of sp³-hybridized carbons (Fsp3) is 0.286. The van der Waals surface area contributed by atoms with Crippen molar-refractivity contribution < 1.29 is 19.1 Å². The van der Waals surface area contributed by atoms with Gasteiger partial charge < -0.3 is 20.7 Å². The minimum atomic E-state index is -0.767. The number of ether oxygens (including phenoxy) is 1. The number of rotatable bonds is 6. The van der Waals surface area contributed by atoms with Crippen LogP contribution in [0.5, 0.6) is 0 Å². The van der Waals surface area contributed by atoms with Crippen LogP contribution in [0.2, 0.25) is 5.02 Å². The van der Waals surface area contributed by atoms with Gasteiger partial charge in [-0.3, -0.25) is 9.59 Å². The third-order valence-electron chi connectivity index (χ3n) is 4.79. The number of hydrogen-bond donors (Lipinski definition) is 2. The van der Waals surface area contributed by atoms with Crippen molar-refractivity contribution in [2.24, 2.45) is 5.73 Å². The van der Waals surface area contributed by atoms with E-state index >= 15 is 0 Å². The molecule has 0 saturated carbocycles. The molecule has 0 bridgehead atoms. The summed E-state index contributed by atoms with van der Waals surface area (Å²) in [6.07, 6.45) is 0.598. The van der Waals surface area contributed by atoms with Crippen LogP contribution >= 0.6 is 11.6 Å². The molecular formula is C21H22ClN3O4. The molecule has 0 aromatic heterocycles. The van der Waals surface area contributed by atoms with Gasteiger partial charge in [0, 0.05) is 16.8 Å². The van der Waals surface area contributed by atoms with E-state index in [9.17, 15) is 14.4 Å². The van der Waals surface area contributed by atoms with Crippen LogP contribution in [-0.4, -0.2) is 30.6 Å². The summed E-state index contributed by atoms with van der Waals surface area (Å²) < 4.78 is 5.19. The van der Waals surface area contributed by atoms with Crippen LogP contribution in [0.1, 0.15) is 30.5 Å². The van der Waals surface area contributed by atoms with Crippen LogP contribution in [-0.2, 0) is 20.7 Å². The molecule has 0 radical (unpaired) electrons. The van der Waals surface area contributed by atoms with Crippen LogP contribution in [0.4, 0.5) is 10.5 Å². The first kappa shape index (κ1) is 20.7. The van der Waals surface area contributed by atoms with E-state index in [-0.39, 0.29) is 25.0 Å². The van der Waals surface area contributed by atoms with Crippen molar-refractivity contribution in [3.05, 3.63) is 64.7 Å². The molecule has 8 heteroatoms. The highest BCUT2D eigenvalue weighted by atomic mass is 35.5. The van der Waals surface area contributed by atoms with E-state index in [0.717, 1.165) is 17.7 Å². The standard InChI is InChI=1S/C21H22ClN3O4/c1-13-10-15-4-2-3-5-18(15)25(13)19(26)12-29-20(27)11-17(24-21(23)28)14-6-8-16(22)9-7-14/h2-9,13,17H,10-12H2,1H3,(H3,23,24,28)/t13-,17+/m1/s1. The Hall–Kier alpha value is -3.06. The van der Waals surface area contributed by atoms with Crippen LogP contribution in [0.15, 0.2) is 48.5 Å². The summed E-state index contributed by atoms with van der Waals surface area (Å²) in [4.78, 5) is 37.9. The first-order chi connectivity index (χ1) is 13.8. The number of nitrogens with one attached hydrogen (secondary N) is 1. The Kier molecular flexibility index (Phi) is 6.39. The number of primary amides is 1. The van der Waals surface area contributed by atoms with E-state index in [4.69, 9.17) is 22.1 Å². The second-order valence-electron chi connectivity index (χ2n) is 6.92. The van der Waals surface area contributed by atoms with Gasteiger partial charge in [-0.05, 0) is 42.7 Å². The number of urea groups is 1. The van der Waals surface area contributed by atoms with Gasteiger partial charge >= 0.3 is 12.0 Å². The fourth-order valence-electron chi connectivity index (χ4n) is 3.50. The lowest BCUT2D eigenvalue weighted by Crippen LogP contribution is -2.39. The molecule has 1 heterocycles. The number of carbonyl (C=O) groups is 3. The number of benzene rings is 2. The summed E-state index contributed by atoms with van der Waals surface area (Å²) in [6, 6.07) is 12.9. The number of hydrogen-bond acceptors (Lipinski definition) is 4. The molecule has 3 rings (SSSR count). The second kappa shape index (κ2) is 8.96. The van der Waals surface area contributed by atoms with Gasteiger partial charge in [-0.1, -0.05) is 41.9 Å². The van der Waals surface area contributed by atoms with Crippen LogP contribution in [0.3, 0.4) is 0 Å². The summed E-state index contributed by atoms with van der Waals surface area (Å²) in [7, 11) is 0. The van der Waals surface area contributed by atoms with Crippen molar-refractivity contribution in [2.75, 3.05) is 11.5 Å². The van der Waals surface area contributed by atoms with E-state index in [0.29, 0.717) is 10.6 Å². The summed E-state index contributed by atoms with van der Waals surface area (Å²) in [5.74, 6) is -0.908. The number of para-hydroxylation sites is 1. The average molecular weight is 416 g/mol. The van der Waals surface area contributed by atoms with Crippen LogP contribution < -0.4 is 16.0 Å². The third kappa shape index (κ3) is 5.06. The number of amides is 3. The van der Waals surface area contributed by atoms with E-state index in [1.807, 2.05) is 31.2 Å². The van der Waals surface area contributed by atoms with Gasteiger partial charge in [0.25, 0.3) is 5.91 Å². The number of carbonyl (C=O) groups excluding carboxylic acids is 3. The lowest BCUT2D eigenvalue weighted by atomic mass is 10.0. The molecule has 7 nitrogen and oxygen atoms in total. The number of anilines is 1. The van der Waals surface area contributed by atoms with E-state index in [1.165, 1.54) is 0 Å². The minimum Gasteiger partial charge on any atom is -0.455 e. The van der Waals surface area contributed by atoms with Crippen LogP contribution in [0.25, 0.3) is 0 Å². The lowest BCUT2D eigenvalue weighted by Gasteiger charge is -2.23. The summed E-state index contributed by atoms with van der Waals surface area (Å²) >= 11 is 5.88. The normalized spacial score (nSPS) is 16.1. The fourth-order valence-corrected chi connectivity index (χ4v) is 3.63. The molecule has 0 fully saturated rings. The smallest absolute Gasteiger partial charge is 0.312 e. The zero-order valence-electron chi connectivity index (χ0n) is 15.9. The zero-order chi connectivity index (χ0) is 21.0. The Morgan fingerprint density at radius 2 is 1.90 bits per heavy atom. The Balaban J connectivity index is 1.61. The molecule has 0 spiro atoms. The monoisotopic (exact) mass is 415 g/mol.